The van der Waals surface area contributed by atoms with E-state index in [9.17, 15) is 9.59 Å². The molecule has 0 bridgehead atoms. The highest BCUT2D eigenvalue weighted by atomic mass is 32.2. The average molecular weight is 350 g/mol. The van der Waals surface area contributed by atoms with E-state index in [1.807, 2.05) is 12.3 Å². The third kappa shape index (κ3) is 5.16. The monoisotopic (exact) mass is 350 g/mol. The molecule has 0 heterocycles. The van der Waals surface area contributed by atoms with Crippen molar-refractivity contribution in [2.45, 2.75) is 44.2 Å². The van der Waals surface area contributed by atoms with Crippen LogP contribution < -0.4 is 15.4 Å². The number of carbonyl (C=O) groups is 2. The standard InChI is InChI=1S/C18H26N2O3S/c1-23-16-10-6-5-9-14(16)17(21)20-15(11-12-24-2)18(22)19-13-7-3-4-8-13/h5-6,9-10,13,15H,3-4,7-8,11-12H2,1-2H3,(H,19,22)(H,20,21)/t15-/m1/s1. The van der Waals surface area contributed by atoms with Gasteiger partial charge in [0.05, 0.1) is 12.7 Å². The van der Waals surface area contributed by atoms with Crippen LogP contribution in [0.25, 0.3) is 0 Å². The number of methoxy groups -OCH3 is 1. The number of benzene rings is 1. The van der Waals surface area contributed by atoms with E-state index in [4.69, 9.17) is 4.74 Å². The Kier molecular flexibility index (Phi) is 7.43. The summed E-state index contributed by atoms with van der Waals surface area (Å²) in [7, 11) is 1.53. The zero-order chi connectivity index (χ0) is 17.4. The molecule has 2 N–H and O–H groups in total. The number of hydrogen-bond acceptors (Lipinski definition) is 4. The fourth-order valence-electron chi connectivity index (χ4n) is 2.94. The lowest BCUT2D eigenvalue weighted by molar-refractivity contribution is -0.123. The molecule has 5 nitrogen and oxygen atoms in total. The quantitative estimate of drug-likeness (QED) is 0.756. The second-order valence-electron chi connectivity index (χ2n) is 6.00. The Morgan fingerprint density at radius 1 is 1.29 bits per heavy atom. The average Bonchev–Trinajstić information content (AvgIpc) is 3.11. The van der Waals surface area contributed by atoms with Crippen LogP contribution in [0, 0.1) is 0 Å². The molecule has 0 unspecified atom stereocenters. The van der Waals surface area contributed by atoms with Crippen LogP contribution in [0.15, 0.2) is 24.3 Å². The molecular formula is C18H26N2O3S. The van der Waals surface area contributed by atoms with E-state index in [1.54, 1.807) is 30.0 Å². The molecule has 1 fully saturated rings. The van der Waals surface area contributed by atoms with Gasteiger partial charge >= 0.3 is 0 Å². The van der Waals surface area contributed by atoms with Crippen molar-refractivity contribution in [3.8, 4) is 5.75 Å². The zero-order valence-electron chi connectivity index (χ0n) is 14.3. The van der Waals surface area contributed by atoms with E-state index in [1.165, 1.54) is 7.11 Å². The maximum absolute atomic E-state index is 12.6. The van der Waals surface area contributed by atoms with Gasteiger partial charge in [-0.15, -0.1) is 0 Å². The summed E-state index contributed by atoms with van der Waals surface area (Å²) in [6.45, 7) is 0. The van der Waals surface area contributed by atoms with Crippen molar-refractivity contribution in [1.82, 2.24) is 10.6 Å². The van der Waals surface area contributed by atoms with Crippen LogP contribution in [0.5, 0.6) is 5.75 Å². The second-order valence-corrected chi connectivity index (χ2v) is 6.98. The first-order chi connectivity index (χ1) is 11.7. The smallest absolute Gasteiger partial charge is 0.255 e. The lowest BCUT2D eigenvalue weighted by atomic mass is 10.1. The van der Waals surface area contributed by atoms with Crippen LogP contribution in [0.1, 0.15) is 42.5 Å². The summed E-state index contributed by atoms with van der Waals surface area (Å²) in [5, 5.41) is 5.95. The van der Waals surface area contributed by atoms with Gasteiger partial charge in [-0.25, -0.2) is 0 Å². The van der Waals surface area contributed by atoms with Gasteiger partial charge < -0.3 is 15.4 Å². The van der Waals surface area contributed by atoms with Gasteiger partial charge in [0.2, 0.25) is 5.91 Å². The van der Waals surface area contributed by atoms with E-state index in [0.717, 1.165) is 31.4 Å². The summed E-state index contributed by atoms with van der Waals surface area (Å²) in [5.74, 6) is 0.962. The molecule has 1 aromatic carbocycles. The van der Waals surface area contributed by atoms with Crippen molar-refractivity contribution in [3.05, 3.63) is 29.8 Å². The fourth-order valence-corrected chi connectivity index (χ4v) is 3.42. The summed E-state index contributed by atoms with van der Waals surface area (Å²) >= 11 is 1.66. The van der Waals surface area contributed by atoms with Crippen molar-refractivity contribution in [2.24, 2.45) is 0 Å². The predicted molar refractivity (Wildman–Crippen MR) is 97.6 cm³/mol. The van der Waals surface area contributed by atoms with Gasteiger partial charge in [0.1, 0.15) is 11.8 Å². The van der Waals surface area contributed by atoms with Crippen LogP contribution in [-0.2, 0) is 4.79 Å². The minimum atomic E-state index is -0.518. The third-order valence-electron chi connectivity index (χ3n) is 4.29. The first kappa shape index (κ1) is 18.6. The van der Waals surface area contributed by atoms with Gasteiger partial charge in [-0.1, -0.05) is 25.0 Å². The van der Waals surface area contributed by atoms with E-state index in [-0.39, 0.29) is 17.9 Å². The van der Waals surface area contributed by atoms with Gasteiger partial charge in [-0.05, 0) is 43.4 Å². The number of rotatable bonds is 8. The van der Waals surface area contributed by atoms with Crippen molar-refractivity contribution < 1.29 is 14.3 Å². The number of hydrogen-bond donors (Lipinski definition) is 2. The lowest BCUT2D eigenvalue weighted by Crippen LogP contribution is -2.49. The highest BCUT2D eigenvalue weighted by molar-refractivity contribution is 7.98. The largest absolute Gasteiger partial charge is 0.496 e. The van der Waals surface area contributed by atoms with Crippen LogP contribution in [-0.4, -0.2) is 43.0 Å². The highest BCUT2D eigenvalue weighted by Crippen LogP contribution is 2.19. The number of thioether (sulfide) groups is 1. The molecule has 2 amide bonds. The molecule has 0 aromatic heterocycles. The van der Waals surface area contributed by atoms with E-state index in [2.05, 4.69) is 10.6 Å². The van der Waals surface area contributed by atoms with Crippen molar-refractivity contribution in [2.75, 3.05) is 19.1 Å². The Morgan fingerprint density at radius 3 is 2.67 bits per heavy atom. The van der Waals surface area contributed by atoms with E-state index in [0.29, 0.717) is 17.7 Å². The Hall–Kier alpha value is -1.69. The van der Waals surface area contributed by atoms with Gasteiger partial charge in [0, 0.05) is 6.04 Å². The third-order valence-corrected chi connectivity index (χ3v) is 4.93. The molecule has 0 radical (unpaired) electrons. The van der Waals surface area contributed by atoms with Crippen molar-refractivity contribution >= 4 is 23.6 Å². The Labute approximate surface area is 147 Å². The molecular weight excluding hydrogens is 324 g/mol. The van der Waals surface area contributed by atoms with E-state index >= 15 is 0 Å². The Bertz CT molecular complexity index is 559. The van der Waals surface area contributed by atoms with Gasteiger partial charge in [-0.2, -0.15) is 11.8 Å². The van der Waals surface area contributed by atoms with E-state index < -0.39 is 6.04 Å². The maximum Gasteiger partial charge on any atom is 0.255 e. The molecule has 0 saturated heterocycles. The minimum Gasteiger partial charge on any atom is -0.496 e. The fraction of sp³-hybridized carbons (Fsp3) is 0.556. The maximum atomic E-state index is 12.6. The molecule has 1 aliphatic carbocycles. The molecule has 0 aliphatic heterocycles. The molecule has 1 atom stereocenters. The molecule has 24 heavy (non-hydrogen) atoms. The summed E-state index contributed by atoms with van der Waals surface area (Å²) in [6.07, 6.45) is 6.99. The number of carbonyl (C=O) groups excluding carboxylic acids is 2. The topological polar surface area (TPSA) is 67.4 Å². The number of ether oxygens (including phenoxy) is 1. The molecule has 6 heteroatoms. The van der Waals surface area contributed by atoms with Gasteiger partial charge in [0.15, 0.2) is 0 Å². The molecule has 1 aliphatic rings. The molecule has 132 valence electrons. The predicted octanol–water partition coefficient (Wildman–Crippen LogP) is 2.61. The summed E-state index contributed by atoms with van der Waals surface area (Å²) in [5.41, 5.74) is 0.447. The summed E-state index contributed by atoms with van der Waals surface area (Å²) in [4.78, 5) is 25.1. The highest BCUT2D eigenvalue weighted by Gasteiger charge is 2.25. The number of para-hydroxylation sites is 1. The number of nitrogens with one attached hydrogen (secondary N) is 2. The first-order valence-electron chi connectivity index (χ1n) is 8.39. The number of amides is 2. The van der Waals surface area contributed by atoms with Crippen LogP contribution >= 0.6 is 11.8 Å². The lowest BCUT2D eigenvalue weighted by Gasteiger charge is -2.21. The second kappa shape index (κ2) is 9.57. The summed E-state index contributed by atoms with van der Waals surface area (Å²) in [6, 6.07) is 6.77. The van der Waals surface area contributed by atoms with Crippen molar-refractivity contribution in [1.29, 1.82) is 0 Å². The molecule has 0 spiro atoms. The van der Waals surface area contributed by atoms with Crippen LogP contribution in [0.3, 0.4) is 0 Å². The SMILES string of the molecule is COc1ccccc1C(=O)N[C@H](CCSC)C(=O)NC1CCCC1. The summed E-state index contributed by atoms with van der Waals surface area (Å²) < 4.78 is 5.23. The Balaban J connectivity index is 2.03. The first-order valence-corrected chi connectivity index (χ1v) is 9.78. The van der Waals surface area contributed by atoms with Crippen molar-refractivity contribution in [3.63, 3.8) is 0 Å². The van der Waals surface area contributed by atoms with Gasteiger partial charge in [-0.3, -0.25) is 9.59 Å². The van der Waals surface area contributed by atoms with Crippen LogP contribution in [0.4, 0.5) is 0 Å². The van der Waals surface area contributed by atoms with Crippen LogP contribution in [0.2, 0.25) is 0 Å². The molecule has 1 aromatic rings. The minimum absolute atomic E-state index is 0.0841. The van der Waals surface area contributed by atoms with Gasteiger partial charge in [0.25, 0.3) is 5.91 Å². The molecule has 2 rings (SSSR count). The zero-order valence-corrected chi connectivity index (χ0v) is 15.2. The molecule has 1 saturated carbocycles. The Morgan fingerprint density at radius 2 is 2.00 bits per heavy atom. The normalized spacial score (nSPS) is 15.8.